The van der Waals surface area contributed by atoms with E-state index in [9.17, 15) is 4.79 Å². The van der Waals surface area contributed by atoms with Crippen molar-refractivity contribution in [3.8, 4) is 0 Å². The predicted molar refractivity (Wildman–Crippen MR) is 64.8 cm³/mol. The molecule has 1 aromatic carbocycles. The van der Waals surface area contributed by atoms with E-state index >= 15 is 0 Å². The van der Waals surface area contributed by atoms with E-state index in [0.29, 0.717) is 10.6 Å². The Kier molecular flexibility index (Phi) is 3.68. The summed E-state index contributed by atoms with van der Waals surface area (Å²) in [6.45, 7) is 1.41. The molecule has 1 aromatic rings. The second kappa shape index (κ2) is 4.49. The Balaban J connectivity index is 3.08. The van der Waals surface area contributed by atoms with Crippen molar-refractivity contribution in [2.45, 2.75) is 18.9 Å². The molecule has 1 rings (SSSR count). The topological polar surface area (TPSA) is 89.3 Å². The van der Waals surface area contributed by atoms with E-state index in [1.165, 1.54) is 6.92 Å². The summed E-state index contributed by atoms with van der Waals surface area (Å²) in [5.74, 6) is -1.10. The van der Waals surface area contributed by atoms with Crippen LogP contribution in [0.1, 0.15) is 12.5 Å². The molecule has 0 heterocycles. The molecule has 0 saturated carbocycles. The maximum Gasteiger partial charge on any atom is 0.323 e. The third-order valence-corrected chi connectivity index (χ3v) is 3.09. The van der Waals surface area contributed by atoms with Gasteiger partial charge in [0.1, 0.15) is 5.54 Å². The average Bonchev–Trinajstić information content (AvgIpc) is 2.19. The van der Waals surface area contributed by atoms with Gasteiger partial charge in [-0.3, -0.25) is 4.79 Å². The Labute approximate surface area is 103 Å². The molecule has 1 atom stereocenters. The van der Waals surface area contributed by atoms with Crippen LogP contribution in [0.25, 0.3) is 0 Å². The van der Waals surface area contributed by atoms with Crippen LogP contribution in [0.2, 0.25) is 10.0 Å². The number of rotatable bonds is 3. The lowest BCUT2D eigenvalue weighted by Gasteiger charge is -2.20. The van der Waals surface area contributed by atoms with Crippen LogP contribution < -0.4 is 11.5 Å². The number of nitrogen functional groups attached to an aromatic ring is 1. The first-order valence-electron chi connectivity index (χ1n) is 4.50. The first-order chi connectivity index (χ1) is 7.25. The summed E-state index contributed by atoms with van der Waals surface area (Å²) in [6, 6.07) is 3.19. The average molecular weight is 263 g/mol. The molecule has 5 N–H and O–H groups in total. The van der Waals surface area contributed by atoms with Crippen molar-refractivity contribution in [1.29, 1.82) is 0 Å². The highest BCUT2D eigenvalue weighted by Crippen LogP contribution is 2.32. The summed E-state index contributed by atoms with van der Waals surface area (Å²) >= 11 is 11.6. The fourth-order valence-corrected chi connectivity index (χ4v) is 1.58. The summed E-state index contributed by atoms with van der Waals surface area (Å²) in [5.41, 5.74) is 10.8. The second-order valence-corrected chi connectivity index (χ2v) is 4.62. The third-order valence-electron chi connectivity index (χ3n) is 2.27. The molecular weight excluding hydrogens is 251 g/mol. The van der Waals surface area contributed by atoms with Crippen molar-refractivity contribution in [2.24, 2.45) is 5.73 Å². The minimum absolute atomic E-state index is 0.0883. The van der Waals surface area contributed by atoms with E-state index in [1.807, 2.05) is 0 Å². The monoisotopic (exact) mass is 262 g/mol. The van der Waals surface area contributed by atoms with Gasteiger partial charge in [0.2, 0.25) is 0 Å². The zero-order valence-electron chi connectivity index (χ0n) is 8.63. The zero-order chi connectivity index (χ0) is 12.5. The van der Waals surface area contributed by atoms with E-state index in [0.717, 1.165) is 0 Å². The van der Waals surface area contributed by atoms with Gasteiger partial charge in [-0.05, 0) is 18.6 Å². The maximum atomic E-state index is 10.9. The molecule has 0 radical (unpaired) electrons. The van der Waals surface area contributed by atoms with Gasteiger partial charge >= 0.3 is 5.97 Å². The van der Waals surface area contributed by atoms with Crippen LogP contribution in [0.5, 0.6) is 0 Å². The Bertz CT molecular complexity index is 433. The van der Waals surface area contributed by atoms with Gasteiger partial charge in [0.05, 0.1) is 15.7 Å². The summed E-state index contributed by atoms with van der Waals surface area (Å²) in [4.78, 5) is 10.9. The first-order valence-corrected chi connectivity index (χ1v) is 5.26. The highest BCUT2D eigenvalue weighted by atomic mass is 35.5. The van der Waals surface area contributed by atoms with Crippen LogP contribution in [0.4, 0.5) is 5.69 Å². The van der Waals surface area contributed by atoms with E-state index in [4.69, 9.17) is 39.8 Å². The molecule has 4 nitrogen and oxygen atoms in total. The van der Waals surface area contributed by atoms with Crippen LogP contribution in [0.15, 0.2) is 12.1 Å². The quantitative estimate of drug-likeness (QED) is 0.727. The highest BCUT2D eigenvalue weighted by molar-refractivity contribution is 6.43. The minimum atomic E-state index is -1.38. The molecule has 88 valence electrons. The van der Waals surface area contributed by atoms with Gasteiger partial charge in [0.25, 0.3) is 0 Å². The molecule has 0 aliphatic rings. The van der Waals surface area contributed by atoms with Gasteiger partial charge in [-0.15, -0.1) is 0 Å². The number of carbonyl (C=O) groups is 1. The number of halogens is 2. The number of anilines is 1. The van der Waals surface area contributed by atoms with E-state index in [2.05, 4.69) is 0 Å². The van der Waals surface area contributed by atoms with Crippen molar-refractivity contribution in [3.63, 3.8) is 0 Å². The van der Waals surface area contributed by atoms with Crippen LogP contribution in [0.3, 0.4) is 0 Å². The zero-order valence-corrected chi connectivity index (χ0v) is 10.1. The molecule has 0 aromatic heterocycles. The Morgan fingerprint density at radius 1 is 1.50 bits per heavy atom. The lowest BCUT2D eigenvalue weighted by Crippen LogP contribution is -2.46. The van der Waals surface area contributed by atoms with Crippen LogP contribution in [-0.2, 0) is 11.2 Å². The summed E-state index contributed by atoms with van der Waals surface area (Å²) in [6.07, 6.45) is 0.0883. The van der Waals surface area contributed by atoms with Gasteiger partial charge in [0.15, 0.2) is 0 Å². The molecule has 0 unspecified atom stereocenters. The standard InChI is InChI=1S/C10H12Cl2N2O2/c1-10(14,9(15)16)4-5-2-3-6(11)7(12)8(5)13/h2-3H,4,13-14H2,1H3,(H,15,16)/t10-/m1/s1. The fourth-order valence-electron chi connectivity index (χ4n) is 1.23. The van der Waals surface area contributed by atoms with Gasteiger partial charge in [-0.1, -0.05) is 29.3 Å². The van der Waals surface area contributed by atoms with Crippen LogP contribution in [-0.4, -0.2) is 16.6 Å². The SMILES string of the molecule is C[C@@](N)(Cc1ccc(Cl)c(Cl)c1N)C(=O)O. The Morgan fingerprint density at radius 3 is 2.56 bits per heavy atom. The number of carboxylic acid groups (broad SMARTS) is 1. The molecule has 0 aliphatic heterocycles. The number of hydrogen-bond acceptors (Lipinski definition) is 3. The summed E-state index contributed by atoms with van der Waals surface area (Å²) < 4.78 is 0. The Hall–Kier alpha value is -0.970. The normalized spacial score (nSPS) is 14.5. The van der Waals surface area contributed by atoms with Crippen molar-refractivity contribution in [1.82, 2.24) is 0 Å². The van der Waals surface area contributed by atoms with Gasteiger partial charge in [-0.2, -0.15) is 0 Å². The fraction of sp³-hybridized carbons (Fsp3) is 0.300. The van der Waals surface area contributed by atoms with Gasteiger partial charge in [-0.25, -0.2) is 0 Å². The van der Waals surface area contributed by atoms with Gasteiger partial charge < -0.3 is 16.6 Å². The molecule has 0 fully saturated rings. The molecule has 16 heavy (non-hydrogen) atoms. The second-order valence-electron chi connectivity index (χ2n) is 3.83. The summed E-state index contributed by atoms with van der Waals surface area (Å²) in [5, 5.41) is 9.45. The van der Waals surface area contributed by atoms with Gasteiger partial charge in [0, 0.05) is 6.42 Å². The summed E-state index contributed by atoms with van der Waals surface area (Å²) in [7, 11) is 0. The highest BCUT2D eigenvalue weighted by Gasteiger charge is 2.29. The first kappa shape index (κ1) is 13.1. The maximum absolute atomic E-state index is 10.9. The largest absolute Gasteiger partial charge is 0.480 e. The Morgan fingerprint density at radius 2 is 2.06 bits per heavy atom. The molecule has 0 bridgehead atoms. The van der Waals surface area contributed by atoms with Crippen molar-refractivity contribution >= 4 is 34.9 Å². The van der Waals surface area contributed by atoms with Crippen molar-refractivity contribution < 1.29 is 9.90 Å². The number of nitrogens with two attached hydrogens (primary N) is 2. The number of benzene rings is 1. The molecule has 0 aliphatic carbocycles. The molecule has 0 saturated heterocycles. The lowest BCUT2D eigenvalue weighted by atomic mass is 9.93. The van der Waals surface area contributed by atoms with Crippen LogP contribution in [0, 0.1) is 0 Å². The third kappa shape index (κ3) is 2.58. The van der Waals surface area contributed by atoms with E-state index in [-0.39, 0.29) is 17.1 Å². The number of hydrogen-bond donors (Lipinski definition) is 3. The van der Waals surface area contributed by atoms with Crippen molar-refractivity contribution in [2.75, 3.05) is 5.73 Å². The lowest BCUT2D eigenvalue weighted by molar-refractivity contribution is -0.142. The number of carboxylic acids is 1. The van der Waals surface area contributed by atoms with E-state index < -0.39 is 11.5 Å². The predicted octanol–water partition coefficient (Wildman–Crippen LogP) is 1.92. The van der Waals surface area contributed by atoms with Crippen LogP contribution >= 0.6 is 23.2 Å². The smallest absolute Gasteiger partial charge is 0.323 e. The number of aliphatic carboxylic acids is 1. The van der Waals surface area contributed by atoms with E-state index in [1.54, 1.807) is 12.1 Å². The molecular formula is C10H12Cl2N2O2. The molecule has 6 heteroatoms. The molecule has 0 spiro atoms. The molecule has 0 amide bonds. The minimum Gasteiger partial charge on any atom is -0.480 e. The van der Waals surface area contributed by atoms with Crippen molar-refractivity contribution in [3.05, 3.63) is 27.7 Å².